The molecule has 0 saturated heterocycles. The molecule has 1 aliphatic carbocycles. The van der Waals surface area contributed by atoms with Crippen molar-refractivity contribution < 1.29 is 9.50 Å². The fraction of sp³-hybridized carbons (Fsp3) is 0.600. The molecule has 0 aliphatic heterocycles. The SMILES string of the molecule is Cc1cc(F)cc(NC2(CO)CCCC(C)C2)c1. The van der Waals surface area contributed by atoms with Crippen molar-refractivity contribution in [3.63, 3.8) is 0 Å². The number of halogens is 1. The van der Waals surface area contributed by atoms with Crippen LogP contribution in [0, 0.1) is 18.7 Å². The molecule has 0 amide bonds. The Morgan fingerprint density at radius 2 is 2.22 bits per heavy atom. The number of aliphatic hydroxyl groups excluding tert-OH is 1. The predicted octanol–water partition coefficient (Wildman–Crippen LogP) is 3.49. The van der Waals surface area contributed by atoms with E-state index in [0.29, 0.717) is 5.92 Å². The van der Waals surface area contributed by atoms with Crippen LogP contribution in [0.4, 0.5) is 10.1 Å². The van der Waals surface area contributed by atoms with E-state index in [2.05, 4.69) is 12.2 Å². The van der Waals surface area contributed by atoms with Crippen LogP contribution in [0.25, 0.3) is 0 Å². The number of benzene rings is 1. The predicted molar refractivity (Wildman–Crippen MR) is 72.2 cm³/mol. The van der Waals surface area contributed by atoms with Gasteiger partial charge in [-0.2, -0.15) is 0 Å². The molecule has 1 aliphatic rings. The molecular weight excluding hydrogens is 229 g/mol. The number of anilines is 1. The van der Waals surface area contributed by atoms with Gasteiger partial charge < -0.3 is 10.4 Å². The molecule has 0 spiro atoms. The number of hydrogen-bond donors (Lipinski definition) is 2. The summed E-state index contributed by atoms with van der Waals surface area (Å²) < 4.78 is 13.4. The van der Waals surface area contributed by atoms with Crippen molar-refractivity contribution in [1.82, 2.24) is 0 Å². The molecule has 0 bridgehead atoms. The number of rotatable bonds is 3. The maximum absolute atomic E-state index is 13.4. The van der Waals surface area contributed by atoms with Crippen LogP contribution in [0.5, 0.6) is 0 Å². The normalized spacial score (nSPS) is 28.1. The first-order valence-electron chi connectivity index (χ1n) is 6.69. The van der Waals surface area contributed by atoms with Crippen molar-refractivity contribution in [2.45, 2.75) is 45.1 Å². The summed E-state index contributed by atoms with van der Waals surface area (Å²) in [6, 6.07) is 4.95. The summed E-state index contributed by atoms with van der Waals surface area (Å²) in [5.74, 6) is 0.377. The molecule has 1 aromatic rings. The van der Waals surface area contributed by atoms with Gasteiger partial charge in [0.2, 0.25) is 0 Å². The van der Waals surface area contributed by atoms with Crippen molar-refractivity contribution >= 4 is 5.69 Å². The summed E-state index contributed by atoms with van der Waals surface area (Å²) in [4.78, 5) is 0. The van der Waals surface area contributed by atoms with Crippen molar-refractivity contribution in [3.8, 4) is 0 Å². The summed E-state index contributed by atoms with van der Waals surface area (Å²) >= 11 is 0. The highest BCUT2D eigenvalue weighted by atomic mass is 19.1. The first kappa shape index (κ1) is 13.3. The lowest BCUT2D eigenvalue weighted by molar-refractivity contribution is 0.149. The molecule has 1 saturated carbocycles. The standard InChI is InChI=1S/C15H22FNO/c1-11-4-3-5-15(9-11,10-18)17-14-7-12(2)6-13(16)8-14/h6-8,11,17-18H,3-5,9-10H2,1-2H3. The Morgan fingerprint density at radius 3 is 2.83 bits per heavy atom. The monoisotopic (exact) mass is 251 g/mol. The first-order chi connectivity index (χ1) is 8.53. The smallest absolute Gasteiger partial charge is 0.125 e. The average Bonchev–Trinajstić information content (AvgIpc) is 2.27. The Kier molecular flexibility index (Phi) is 3.91. The zero-order valence-electron chi connectivity index (χ0n) is 11.2. The third kappa shape index (κ3) is 3.02. The second kappa shape index (κ2) is 5.27. The second-order valence-corrected chi connectivity index (χ2v) is 5.78. The zero-order valence-corrected chi connectivity index (χ0v) is 11.2. The quantitative estimate of drug-likeness (QED) is 0.862. The van der Waals surface area contributed by atoms with Gasteiger partial charge in [0.25, 0.3) is 0 Å². The summed E-state index contributed by atoms with van der Waals surface area (Å²) in [5.41, 5.74) is 1.39. The minimum Gasteiger partial charge on any atom is -0.394 e. The Morgan fingerprint density at radius 1 is 1.44 bits per heavy atom. The highest BCUT2D eigenvalue weighted by Gasteiger charge is 2.34. The molecule has 0 heterocycles. The van der Waals surface area contributed by atoms with Gasteiger partial charge in [-0.25, -0.2) is 4.39 Å². The maximum Gasteiger partial charge on any atom is 0.125 e. The largest absolute Gasteiger partial charge is 0.394 e. The van der Waals surface area contributed by atoms with E-state index in [4.69, 9.17) is 0 Å². The molecule has 100 valence electrons. The van der Waals surface area contributed by atoms with Gasteiger partial charge in [0.1, 0.15) is 5.82 Å². The van der Waals surface area contributed by atoms with Crippen molar-refractivity contribution in [1.29, 1.82) is 0 Å². The number of nitrogens with one attached hydrogen (secondary N) is 1. The van der Waals surface area contributed by atoms with Crippen LogP contribution in [0.1, 0.15) is 38.2 Å². The minimum atomic E-state index is -0.280. The third-order valence-corrected chi connectivity index (χ3v) is 3.85. The van der Waals surface area contributed by atoms with E-state index < -0.39 is 0 Å². The highest BCUT2D eigenvalue weighted by Crippen LogP contribution is 2.35. The third-order valence-electron chi connectivity index (χ3n) is 3.85. The summed E-state index contributed by atoms with van der Waals surface area (Å²) in [5, 5.41) is 13.1. The van der Waals surface area contributed by atoms with Crippen LogP contribution in [0.15, 0.2) is 18.2 Å². The molecule has 1 aromatic carbocycles. The Bertz CT molecular complexity index is 401. The maximum atomic E-state index is 13.4. The van der Waals surface area contributed by atoms with E-state index in [0.717, 1.165) is 30.5 Å². The second-order valence-electron chi connectivity index (χ2n) is 5.78. The van der Waals surface area contributed by atoms with Crippen LogP contribution in [0.3, 0.4) is 0 Å². The van der Waals surface area contributed by atoms with Gasteiger partial charge in [-0.05, 0) is 49.4 Å². The molecule has 2 atom stereocenters. The van der Waals surface area contributed by atoms with E-state index in [-0.39, 0.29) is 18.0 Å². The highest BCUT2D eigenvalue weighted by molar-refractivity contribution is 5.48. The van der Waals surface area contributed by atoms with Crippen LogP contribution in [0.2, 0.25) is 0 Å². The van der Waals surface area contributed by atoms with Gasteiger partial charge in [-0.3, -0.25) is 0 Å². The van der Waals surface area contributed by atoms with Crippen molar-refractivity contribution in [3.05, 3.63) is 29.6 Å². The van der Waals surface area contributed by atoms with Gasteiger partial charge in [0, 0.05) is 5.69 Å². The molecule has 0 radical (unpaired) electrons. The Balaban J connectivity index is 2.18. The fourth-order valence-corrected chi connectivity index (χ4v) is 3.07. The van der Waals surface area contributed by atoms with Gasteiger partial charge in [-0.1, -0.05) is 19.8 Å². The molecular formula is C15H22FNO. The van der Waals surface area contributed by atoms with E-state index in [1.807, 2.05) is 13.0 Å². The lowest BCUT2D eigenvalue weighted by Gasteiger charge is -2.40. The lowest BCUT2D eigenvalue weighted by Crippen LogP contribution is -2.45. The van der Waals surface area contributed by atoms with Crippen LogP contribution >= 0.6 is 0 Å². The number of hydrogen-bond acceptors (Lipinski definition) is 2. The van der Waals surface area contributed by atoms with Gasteiger partial charge in [0.05, 0.1) is 12.1 Å². The molecule has 1 fully saturated rings. The van der Waals surface area contributed by atoms with Gasteiger partial charge >= 0.3 is 0 Å². The van der Waals surface area contributed by atoms with Crippen LogP contribution in [-0.2, 0) is 0 Å². The van der Waals surface area contributed by atoms with Gasteiger partial charge in [0.15, 0.2) is 0 Å². The average molecular weight is 251 g/mol. The summed E-state index contributed by atoms with van der Waals surface area (Å²) in [6.07, 6.45) is 4.22. The van der Waals surface area contributed by atoms with Crippen LogP contribution < -0.4 is 5.32 Å². The molecule has 3 heteroatoms. The zero-order chi connectivity index (χ0) is 13.2. The molecule has 2 nitrogen and oxygen atoms in total. The molecule has 2 unspecified atom stereocenters. The lowest BCUT2D eigenvalue weighted by atomic mass is 9.76. The fourth-order valence-electron chi connectivity index (χ4n) is 3.07. The van der Waals surface area contributed by atoms with Crippen LogP contribution in [-0.4, -0.2) is 17.3 Å². The Labute approximate surface area is 108 Å². The topological polar surface area (TPSA) is 32.3 Å². The molecule has 0 aromatic heterocycles. The van der Waals surface area contributed by atoms with Crippen molar-refractivity contribution in [2.24, 2.45) is 5.92 Å². The molecule has 18 heavy (non-hydrogen) atoms. The molecule has 2 N–H and O–H groups in total. The van der Waals surface area contributed by atoms with E-state index >= 15 is 0 Å². The number of aryl methyl sites for hydroxylation is 1. The summed E-state index contributed by atoms with van der Waals surface area (Å²) in [7, 11) is 0. The minimum absolute atomic E-state index is 0.104. The Hall–Kier alpha value is -1.09. The van der Waals surface area contributed by atoms with E-state index in [1.54, 1.807) is 0 Å². The summed E-state index contributed by atoms with van der Waals surface area (Å²) in [6.45, 7) is 4.19. The van der Waals surface area contributed by atoms with E-state index in [9.17, 15) is 9.50 Å². The van der Waals surface area contributed by atoms with E-state index in [1.165, 1.54) is 18.6 Å². The first-order valence-corrected chi connectivity index (χ1v) is 6.69. The van der Waals surface area contributed by atoms with Crippen molar-refractivity contribution in [2.75, 3.05) is 11.9 Å². The number of aliphatic hydroxyl groups is 1. The molecule has 2 rings (SSSR count). The van der Waals surface area contributed by atoms with Gasteiger partial charge in [-0.15, -0.1) is 0 Å².